The van der Waals surface area contributed by atoms with Gasteiger partial charge in [-0.15, -0.1) is 11.3 Å². The number of aromatic nitrogens is 2. The normalized spacial score (nSPS) is 19.3. The minimum Gasteiger partial charge on any atom is -0.437 e. The van der Waals surface area contributed by atoms with Gasteiger partial charge in [0.25, 0.3) is 11.5 Å². The Bertz CT molecular complexity index is 1890. The number of likely N-dealkylation sites (tertiary alicyclic amines) is 2. The Hall–Kier alpha value is -3.85. The molecule has 2 atom stereocenters. The third-order valence-electron chi connectivity index (χ3n) is 8.93. The molecule has 2 aliphatic rings. The Labute approximate surface area is 291 Å². The molecule has 0 radical (unpaired) electrons. The number of carbonyl (C=O) groups is 2. The smallest absolute Gasteiger partial charge is 0.280 e. The van der Waals surface area contributed by atoms with E-state index in [0.717, 1.165) is 16.9 Å². The predicted molar refractivity (Wildman–Crippen MR) is 180 cm³/mol. The quantitative estimate of drug-likeness (QED) is 0.248. The zero-order valence-corrected chi connectivity index (χ0v) is 28.6. The molecule has 48 heavy (non-hydrogen) atoms. The van der Waals surface area contributed by atoms with E-state index in [2.05, 4.69) is 20.9 Å². The van der Waals surface area contributed by atoms with Crippen molar-refractivity contribution >= 4 is 56.4 Å². The molecular formula is C33H31BrClF2N5O5S. The number of carbonyl (C=O) groups excluding carboxylic acids is 2. The number of rotatable bonds is 7. The van der Waals surface area contributed by atoms with E-state index in [1.165, 1.54) is 35.2 Å². The second-order valence-corrected chi connectivity index (χ2v) is 14.4. The molecular weight excluding hydrogens is 732 g/mol. The third-order valence-corrected chi connectivity index (χ3v) is 11.5. The summed E-state index contributed by atoms with van der Waals surface area (Å²) in [7, 11) is 0. The first-order valence-corrected chi connectivity index (χ1v) is 17.2. The minimum atomic E-state index is -1.30. The summed E-state index contributed by atoms with van der Waals surface area (Å²) in [6.45, 7) is 0.913. The molecule has 0 unspecified atom stereocenters. The maximum atomic E-state index is 14.8. The van der Waals surface area contributed by atoms with Gasteiger partial charge in [0.2, 0.25) is 11.8 Å². The van der Waals surface area contributed by atoms with E-state index in [0.29, 0.717) is 6.42 Å². The first-order chi connectivity index (χ1) is 22.9. The van der Waals surface area contributed by atoms with E-state index in [1.54, 1.807) is 9.80 Å². The zero-order valence-electron chi connectivity index (χ0n) is 25.5. The number of ether oxygens (including phenoxy) is 1. The van der Waals surface area contributed by atoms with E-state index < -0.39 is 34.6 Å². The van der Waals surface area contributed by atoms with Gasteiger partial charge < -0.3 is 25.4 Å². The zero-order chi connectivity index (χ0) is 34.2. The van der Waals surface area contributed by atoms with Crippen molar-refractivity contribution in [2.75, 3.05) is 31.9 Å². The largest absolute Gasteiger partial charge is 0.437 e. The molecule has 4 heterocycles. The summed E-state index contributed by atoms with van der Waals surface area (Å²) >= 11 is 10.0. The highest BCUT2D eigenvalue weighted by Crippen LogP contribution is 2.39. The van der Waals surface area contributed by atoms with Gasteiger partial charge in [0, 0.05) is 38.0 Å². The van der Waals surface area contributed by atoms with Crippen LogP contribution in [0.4, 0.5) is 14.5 Å². The van der Waals surface area contributed by atoms with Crippen LogP contribution in [0.5, 0.6) is 11.6 Å². The van der Waals surface area contributed by atoms with Gasteiger partial charge in [0.05, 0.1) is 16.6 Å². The molecule has 252 valence electrons. The Kier molecular flexibility index (Phi) is 9.88. The van der Waals surface area contributed by atoms with Gasteiger partial charge in [-0.1, -0.05) is 41.9 Å². The molecule has 2 aromatic heterocycles. The van der Waals surface area contributed by atoms with Gasteiger partial charge in [0.15, 0.2) is 11.5 Å². The van der Waals surface area contributed by atoms with Crippen molar-refractivity contribution in [3.63, 3.8) is 0 Å². The van der Waals surface area contributed by atoms with Crippen LogP contribution in [-0.4, -0.2) is 68.1 Å². The van der Waals surface area contributed by atoms with Gasteiger partial charge in [-0.05, 0) is 65.0 Å². The number of anilines is 1. The summed E-state index contributed by atoms with van der Waals surface area (Å²) in [4.78, 5) is 47.7. The lowest BCUT2D eigenvalue weighted by molar-refractivity contribution is -0.142. The van der Waals surface area contributed by atoms with Crippen molar-refractivity contribution < 1.29 is 28.2 Å². The summed E-state index contributed by atoms with van der Waals surface area (Å²) in [6, 6.07) is 14.6. The number of benzene rings is 2. The van der Waals surface area contributed by atoms with Crippen molar-refractivity contribution in [3.8, 4) is 11.6 Å². The first-order valence-electron chi connectivity index (χ1n) is 15.2. The van der Waals surface area contributed by atoms with Crippen LogP contribution in [-0.2, 0) is 11.3 Å². The summed E-state index contributed by atoms with van der Waals surface area (Å²) in [5.41, 5.74) is 4.75. The van der Waals surface area contributed by atoms with Crippen LogP contribution in [0, 0.1) is 17.6 Å². The molecule has 0 saturated carbocycles. The highest BCUT2D eigenvalue weighted by Gasteiger charge is 2.42. The van der Waals surface area contributed by atoms with Gasteiger partial charge >= 0.3 is 0 Å². The molecule has 10 nitrogen and oxygen atoms in total. The fourth-order valence-corrected chi connectivity index (χ4v) is 7.92. The summed E-state index contributed by atoms with van der Waals surface area (Å²) < 4.78 is 34.9. The molecule has 2 aliphatic heterocycles. The molecule has 2 aromatic carbocycles. The summed E-state index contributed by atoms with van der Waals surface area (Å²) in [5.74, 6) is -2.34. The Morgan fingerprint density at radius 3 is 2.42 bits per heavy atom. The maximum absolute atomic E-state index is 14.8. The molecule has 4 aromatic rings. The maximum Gasteiger partial charge on any atom is 0.280 e. The van der Waals surface area contributed by atoms with Crippen molar-refractivity contribution in [2.45, 2.75) is 37.3 Å². The number of nitrogens with zero attached hydrogens (tertiary/aromatic N) is 4. The number of thiophene rings is 1. The molecule has 0 bridgehead atoms. The van der Waals surface area contributed by atoms with Gasteiger partial charge in [-0.25, -0.2) is 13.8 Å². The Morgan fingerprint density at radius 1 is 1.08 bits per heavy atom. The highest BCUT2D eigenvalue weighted by molar-refractivity contribution is 9.10. The van der Waals surface area contributed by atoms with Crippen molar-refractivity contribution in [2.24, 2.45) is 5.92 Å². The monoisotopic (exact) mass is 761 g/mol. The standard InChI is InChI=1S/C33H31BrClF2N5O5S/c34-24-25(37)27(48-28(24)35)32(45)41-13-10-22(23(16-41)19-4-2-1-3-5-19)30(43)40-14-11-33(46,12-15-40)17-42-18-39-29(26(38)31(42)44)47-21-8-6-20(36)7-9-21/h1-9,18,22-23,46H,10-17,38H2/t22-,23+/m1/s1. The van der Waals surface area contributed by atoms with Gasteiger partial charge in [-0.2, -0.15) is 0 Å². The van der Waals surface area contributed by atoms with E-state index in [-0.39, 0.29) is 88.4 Å². The molecule has 2 amide bonds. The minimum absolute atomic E-state index is 0.0600. The van der Waals surface area contributed by atoms with Gasteiger partial charge in [0.1, 0.15) is 27.1 Å². The average molecular weight is 763 g/mol. The van der Waals surface area contributed by atoms with E-state index in [9.17, 15) is 28.3 Å². The molecule has 3 N–H and O–H groups in total. The van der Waals surface area contributed by atoms with Gasteiger partial charge in [-0.3, -0.25) is 19.0 Å². The number of nitrogens with two attached hydrogens (primary N) is 1. The van der Waals surface area contributed by atoms with Crippen molar-refractivity contribution in [1.82, 2.24) is 19.4 Å². The van der Waals surface area contributed by atoms with Crippen LogP contribution in [0.1, 0.15) is 40.4 Å². The van der Waals surface area contributed by atoms with Crippen LogP contribution in [0.2, 0.25) is 4.34 Å². The number of hydrogen-bond acceptors (Lipinski definition) is 8. The van der Waals surface area contributed by atoms with Crippen LogP contribution in [0.25, 0.3) is 0 Å². The SMILES string of the molecule is Nc1c(Oc2ccc(F)cc2)ncn(CC2(O)CCN(C(=O)[C@@H]3CCN(C(=O)c4sc(Cl)c(Br)c4F)C[C@H]3c3ccccc3)CC2)c1=O. The van der Waals surface area contributed by atoms with Crippen molar-refractivity contribution in [1.29, 1.82) is 0 Å². The Morgan fingerprint density at radius 2 is 1.77 bits per heavy atom. The Balaban J connectivity index is 1.12. The second kappa shape index (κ2) is 13.9. The van der Waals surface area contributed by atoms with Crippen molar-refractivity contribution in [3.05, 3.63) is 102 Å². The molecule has 0 spiro atoms. The van der Waals surface area contributed by atoms with E-state index in [4.69, 9.17) is 22.1 Å². The predicted octanol–water partition coefficient (Wildman–Crippen LogP) is 5.67. The molecule has 2 saturated heterocycles. The third kappa shape index (κ3) is 6.98. The molecule has 15 heteroatoms. The summed E-state index contributed by atoms with van der Waals surface area (Å²) in [5, 5.41) is 11.4. The second-order valence-electron chi connectivity index (χ2n) is 12.0. The number of piperidine rings is 2. The number of amides is 2. The molecule has 2 fully saturated rings. The number of nitrogen functional groups attached to an aromatic ring is 1. The van der Waals surface area contributed by atoms with E-state index >= 15 is 0 Å². The number of hydrogen-bond donors (Lipinski definition) is 2. The van der Waals surface area contributed by atoms with Crippen LogP contribution in [0.15, 0.2) is 70.2 Å². The highest BCUT2D eigenvalue weighted by atomic mass is 79.9. The number of aliphatic hydroxyl groups is 1. The molecule has 0 aliphatic carbocycles. The fraction of sp³-hybridized carbons (Fsp3) is 0.333. The molecule has 6 rings (SSSR count). The lowest BCUT2D eigenvalue weighted by Crippen LogP contribution is -2.53. The van der Waals surface area contributed by atoms with E-state index in [1.807, 2.05) is 30.3 Å². The topological polar surface area (TPSA) is 131 Å². The summed E-state index contributed by atoms with van der Waals surface area (Å²) in [6.07, 6.45) is 2.03. The fourth-order valence-electron chi connectivity index (χ4n) is 6.27. The van der Waals surface area contributed by atoms with Crippen LogP contribution < -0.4 is 16.0 Å². The lowest BCUT2D eigenvalue weighted by atomic mass is 9.79. The van der Waals surface area contributed by atoms with Crippen LogP contribution in [0.3, 0.4) is 0 Å². The first kappa shape index (κ1) is 34.0. The average Bonchev–Trinajstić information content (AvgIpc) is 3.35. The number of halogens is 4. The van der Waals surface area contributed by atoms with Crippen LogP contribution >= 0.6 is 38.9 Å². The lowest BCUT2D eigenvalue weighted by Gasteiger charge is -2.43.